The Labute approximate surface area is 107 Å². The van der Waals surface area contributed by atoms with Crippen molar-refractivity contribution >= 4 is 17.7 Å². The van der Waals surface area contributed by atoms with E-state index in [1.54, 1.807) is 16.7 Å². The van der Waals surface area contributed by atoms with Gasteiger partial charge in [-0.05, 0) is 24.0 Å². The Morgan fingerprint density at radius 1 is 1.41 bits per heavy atom. The van der Waals surface area contributed by atoms with Crippen molar-refractivity contribution in [2.24, 2.45) is 11.7 Å². The summed E-state index contributed by atoms with van der Waals surface area (Å²) in [5, 5.41) is 0. The highest BCUT2D eigenvalue weighted by molar-refractivity contribution is 7.98. The van der Waals surface area contributed by atoms with Crippen LogP contribution in [0.4, 0.5) is 0 Å². The van der Waals surface area contributed by atoms with Crippen molar-refractivity contribution in [2.75, 3.05) is 19.8 Å². The molecule has 1 amide bonds. The molecular formula is C13H20N2OS. The van der Waals surface area contributed by atoms with Gasteiger partial charge in [0.15, 0.2) is 0 Å². The highest BCUT2D eigenvalue weighted by Crippen LogP contribution is 2.16. The summed E-state index contributed by atoms with van der Waals surface area (Å²) < 4.78 is 0. The largest absolute Gasteiger partial charge is 0.341 e. The summed E-state index contributed by atoms with van der Waals surface area (Å²) in [4.78, 5) is 14.8. The minimum absolute atomic E-state index is 0.0986. The molecule has 2 N–H and O–H groups in total. The highest BCUT2D eigenvalue weighted by atomic mass is 32.2. The van der Waals surface area contributed by atoms with Gasteiger partial charge in [-0.15, -0.1) is 11.8 Å². The van der Waals surface area contributed by atoms with Crippen LogP contribution in [0.2, 0.25) is 0 Å². The van der Waals surface area contributed by atoms with E-state index < -0.39 is 0 Å². The Morgan fingerprint density at radius 3 is 2.47 bits per heavy atom. The molecule has 0 aliphatic carbocycles. The third-order valence-electron chi connectivity index (χ3n) is 2.73. The fourth-order valence-electron chi connectivity index (χ4n) is 1.56. The molecule has 1 atom stereocenters. The standard InChI is InChI=1S/C13H20N2OS/c1-10(8-14)13(16)15(2)9-11-4-6-12(17-3)7-5-11/h4-7,10H,8-9,14H2,1-3H3. The van der Waals surface area contributed by atoms with E-state index in [0.29, 0.717) is 13.1 Å². The van der Waals surface area contributed by atoms with E-state index in [9.17, 15) is 4.79 Å². The number of benzene rings is 1. The summed E-state index contributed by atoms with van der Waals surface area (Å²) in [5.74, 6) is -0.00749. The van der Waals surface area contributed by atoms with Crippen molar-refractivity contribution in [3.63, 3.8) is 0 Å². The third kappa shape index (κ3) is 4.06. The Morgan fingerprint density at radius 2 is 2.00 bits per heavy atom. The number of amides is 1. The van der Waals surface area contributed by atoms with E-state index in [1.807, 2.05) is 20.2 Å². The zero-order valence-corrected chi connectivity index (χ0v) is 11.5. The van der Waals surface area contributed by atoms with Crippen LogP contribution in [0.15, 0.2) is 29.2 Å². The molecule has 0 fully saturated rings. The fourth-order valence-corrected chi connectivity index (χ4v) is 1.97. The lowest BCUT2D eigenvalue weighted by molar-refractivity contribution is -0.133. The van der Waals surface area contributed by atoms with Crippen LogP contribution in [0, 0.1) is 5.92 Å². The van der Waals surface area contributed by atoms with Crippen LogP contribution in [-0.2, 0) is 11.3 Å². The second-order valence-corrected chi connectivity index (χ2v) is 5.06. The summed E-state index contributed by atoms with van der Waals surface area (Å²) in [6.45, 7) is 2.89. The molecule has 1 aromatic carbocycles. The minimum atomic E-state index is -0.106. The van der Waals surface area contributed by atoms with Crippen LogP contribution in [0.3, 0.4) is 0 Å². The van der Waals surface area contributed by atoms with Gasteiger partial charge in [0.2, 0.25) is 5.91 Å². The smallest absolute Gasteiger partial charge is 0.226 e. The molecule has 4 heteroatoms. The molecule has 0 saturated heterocycles. The Hall–Kier alpha value is -1.00. The molecule has 0 heterocycles. The van der Waals surface area contributed by atoms with Gasteiger partial charge in [0.25, 0.3) is 0 Å². The maximum absolute atomic E-state index is 11.8. The van der Waals surface area contributed by atoms with Gasteiger partial charge in [0.1, 0.15) is 0 Å². The average molecular weight is 252 g/mol. The molecule has 0 spiro atoms. The molecule has 0 aromatic heterocycles. The summed E-state index contributed by atoms with van der Waals surface area (Å²) in [5.41, 5.74) is 6.63. The predicted molar refractivity (Wildman–Crippen MR) is 72.9 cm³/mol. The zero-order chi connectivity index (χ0) is 12.8. The first-order valence-electron chi connectivity index (χ1n) is 5.66. The van der Waals surface area contributed by atoms with Gasteiger partial charge < -0.3 is 10.6 Å². The van der Waals surface area contributed by atoms with Crippen molar-refractivity contribution < 1.29 is 4.79 Å². The van der Waals surface area contributed by atoms with E-state index in [0.717, 1.165) is 5.56 Å². The lowest BCUT2D eigenvalue weighted by Gasteiger charge is -2.20. The first kappa shape index (κ1) is 14.1. The molecule has 0 aliphatic heterocycles. The van der Waals surface area contributed by atoms with E-state index in [-0.39, 0.29) is 11.8 Å². The molecule has 0 bridgehead atoms. The zero-order valence-electron chi connectivity index (χ0n) is 10.6. The molecule has 94 valence electrons. The lowest BCUT2D eigenvalue weighted by atomic mass is 10.1. The van der Waals surface area contributed by atoms with E-state index in [2.05, 4.69) is 24.3 Å². The number of rotatable bonds is 5. The number of nitrogens with two attached hydrogens (primary N) is 1. The first-order valence-corrected chi connectivity index (χ1v) is 6.89. The normalized spacial score (nSPS) is 12.2. The molecule has 1 aromatic rings. The molecule has 1 unspecified atom stereocenters. The van der Waals surface area contributed by atoms with Gasteiger partial charge in [0, 0.05) is 31.0 Å². The Bertz CT molecular complexity index is 364. The molecule has 3 nitrogen and oxygen atoms in total. The van der Waals surface area contributed by atoms with Crippen molar-refractivity contribution in [3.05, 3.63) is 29.8 Å². The van der Waals surface area contributed by atoms with Gasteiger partial charge >= 0.3 is 0 Å². The second-order valence-electron chi connectivity index (χ2n) is 4.18. The molecular weight excluding hydrogens is 232 g/mol. The maximum Gasteiger partial charge on any atom is 0.226 e. The number of carbonyl (C=O) groups is 1. The number of carbonyl (C=O) groups excluding carboxylic acids is 1. The van der Waals surface area contributed by atoms with Crippen LogP contribution in [0.5, 0.6) is 0 Å². The van der Waals surface area contributed by atoms with Crippen molar-refractivity contribution in [3.8, 4) is 0 Å². The predicted octanol–water partition coefficient (Wildman–Crippen LogP) is 1.96. The summed E-state index contributed by atoms with van der Waals surface area (Å²) >= 11 is 1.71. The van der Waals surface area contributed by atoms with E-state index >= 15 is 0 Å². The third-order valence-corrected chi connectivity index (χ3v) is 3.47. The number of nitrogens with zero attached hydrogens (tertiary/aromatic N) is 1. The molecule has 1 rings (SSSR count). The van der Waals surface area contributed by atoms with Gasteiger partial charge in [-0.2, -0.15) is 0 Å². The van der Waals surface area contributed by atoms with Crippen LogP contribution in [0.1, 0.15) is 12.5 Å². The molecule has 0 saturated carbocycles. The Kier molecular flexibility index (Phi) is 5.51. The summed E-state index contributed by atoms with van der Waals surface area (Å²) in [7, 11) is 1.82. The van der Waals surface area contributed by atoms with Gasteiger partial charge in [0.05, 0.1) is 0 Å². The van der Waals surface area contributed by atoms with Crippen LogP contribution in [0.25, 0.3) is 0 Å². The maximum atomic E-state index is 11.8. The Balaban J connectivity index is 2.61. The van der Waals surface area contributed by atoms with Gasteiger partial charge in [-0.3, -0.25) is 4.79 Å². The number of hydrogen-bond acceptors (Lipinski definition) is 3. The molecule has 0 radical (unpaired) electrons. The lowest BCUT2D eigenvalue weighted by Crippen LogP contribution is -2.34. The molecule has 0 aliphatic rings. The van der Waals surface area contributed by atoms with Crippen LogP contribution < -0.4 is 5.73 Å². The first-order chi connectivity index (χ1) is 8.08. The summed E-state index contributed by atoms with van der Waals surface area (Å²) in [6.07, 6.45) is 2.05. The monoisotopic (exact) mass is 252 g/mol. The topological polar surface area (TPSA) is 46.3 Å². The van der Waals surface area contributed by atoms with Crippen molar-refractivity contribution in [2.45, 2.75) is 18.4 Å². The average Bonchev–Trinajstić information content (AvgIpc) is 2.37. The van der Waals surface area contributed by atoms with Gasteiger partial charge in [-0.25, -0.2) is 0 Å². The van der Waals surface area contributed by atoms with E-state index in [1.165, 1.54) is 4.90 Å². The highest BCUT2D eigenvalue weighted by Gasteiger charge is 2.15. The second kappa shape index (κ2) is 6.67. The van der Waals surface area contributed by atoms with Crippen molar-refractivity contribution in [1.82, 2.24) is 4.90 Å². The van der Waals surface area contributed by atoms with Crippen LogP contribution >= 0.6 is 11.8 Å². The minimum Gasteiger partial charge on any atom is -0.341 e. The van der Waals surface area contributed by atoms with Gasteiger partial charge in [-0.1, -0.05) is 19.1 Å². The van der Waals surface area contributed by atoms with E-state index in [4.69, 9.17) is 5.73 Å². The number of hydrogen-bond donors (Lipinski definition) is 1. The summed E-state index contributed by atoms with van der Waals surface area (Å²) in [6, 6.07) is 8.26. The quantitative estimate of drug-likeness (QED) is 0.815. The SMILES string of the molecule is CSc1ccc(CN(C)C(=O)C(C)CN)cc1. The molecule has 17 heavy (non-hydrogen) atoms. The van der Waals surface area contributed by atoms with Crippen molar-refractivity contribution in [1.29, 1.82) is 0 Å². The van der Waals surface area contributed by atoms with Crippen LogP contribution in [-0.4, -0.2) is 30.7 Å². The fraction of sp³-hybridized carbons (Fsp3) is 0.462. The number of thioether (sulfide) groups is 1.